The Morgan fingerprint density at radius 1 is 1.47 bits per heavy atom. The molecule has 0 radical (unpaired) electrons. The summed E-state index contributed by atoms with van der Waals surface area (Å²) in [7, 11) is 0. The summed E-state index contributed by atoms with van der Waals surface area (Å²) >= 11 is 0. The summed E-state index contributed by atoms with van der Waals surface area (Å²) in [5, 5.41) is 4.20. The maximum absolute atomic E-state index is 10.9. The van der Waals surface area contributed by atoms with Crippen molar-refractivity contribution in [2.45, 2.75) is 6.92 Å². The Morgan fingerprint density at radius 3 is 3.00 bits per heavy atom. The van der Waals surface area contributed by atoms with Crippen LogP contribution < -0.4 is 4.74 Å². The number of pyridine rings is 1. The van der Waals surface area contributed by atoms with Gasteiger partial charge in [-0.25, -0.2) is 0 Å². The number of carbonyl (C=O) groups is 1. The predicted octanol–water partition coefficient (Wildman–Crippen LogP) is 3.10. The van der Waals surface area contributed by atoms with E-state index in [1.807, 2.05) is 0 Å². The van der Waals surface area contributed by atoms with Gasteiger partial charge >= 0.3 is 5.97 Å². The molecule has 0 saturated heterocycles. The van der Waals surface area contributed by atoms with Crippen molar-refractivity contribution in [2.75, 3.05) is 0 Å². The summed E-state index contributed by atoms with van der Waals surface area (Å²) in [6, 6.07) is 6.61. The van der Waals surface area contributed by atoms with E-state index in [4.69, 9.17) is 10.3 Å². The molecule has 0 aliphatic rings. The third kappa shape index (κ3) is 2.16. The number of hydrogen-bond donors (Lipinski definition) is 0. The number of esters is 1. The van der Waals surface area contributed by atoms with E-state index in [1.54, 1.807) is 30.5 Å². The molecule has 0 N–H and O–H groups in total. The molecule has 1 aromatic heterocycles. The number of hydrogen-bond acceptors (Lipinski definition) is 4. The summed E-state index contributed by atoms with van der Waals surface area (Å²) < 4.78 is 5.02. The number of aromatic nitrogens is 1. The quantitative estimate of drug-likeness (QED) is 0.260. The summed E-state index contributed by atoms with van der Waals surface area (Å²) in [4.78, 5) is 17.8. The molecule has 2 rings (SSSR count). The Hall–Kier alpha value is -2.59. The molecule has 0 unspecified atom stereocenters. The molecule has 0 atom stereocenters. The highest BCUT2D eigenvalue weighted by molar-refractivity contribution is 5.94. The van der Waals surface area contributed by atoms with Gasteiger partial charge in [-0.15, -0.1) is 0 Å². The van der Waals surface area contributed by atoms with Crippen LogP contribution in [0.2, 0.25) is 0 Å². The molecule has 0 spiro atoms. The second-order valence-electron chi connectivity index (χ2n) is 3.27. The van der Waals surface area contributed by atoms with E-state index < -0.39 is 5.97 Å². The highest BCUT2D eigenvalue weighted by atomic mass is 16.5. The lowest BCUT2D eigenvalue weighted by Gasteiger charge is -2.06. The molecular weight excluding hydrogens is 220 g/mol. The average Bonchev–Trinajstić information content (AvgIpc) is 2.32. The van der Waals surface area contributed by atoms with Gasteiger partial charge in [0.1, 0.15) is 5.52 Å². The van der Waals surface area contributed by atoms with Gasteiger partial charge in [-0.1, -0.05) is 11.2 Å². The standard InChI is InChI=1S/C11H8N4O2/c1-7(16)17-10-5-4-9(14-15-12)8-3-2-6-13-11(8)10/h2-6H,1H3. The molecule has 0 saturated carbocycles. The van der Waals surface area contributed by atoms with Crippen LogP contribution in [0.5, 0.6) is 5.75 Å². The van der Waals surface area contributed by atoms with Crippen molar-refractivity contribution in [1.82, 2.24) is 4.98 Å². The van der Waals surface area contributed by atoms with Crippen molar-refractivity contribution in [3.8, 4) is 5.75 Å². The van der Waals surface area contributed by atoms with Crippen molar-refractivity contribution < 1.29 is 9.53 Å². The van der Waals surface area contributed by atoms with Gasteiger partial charge in [-0.3, -0.25) is 9.78 Å². The highest BCUT2D eigenvalue weighted by Crippen LogP contribution is 2.31. The van der Waals surface area contributed by atoms with Gasteiger partial charge < -0.3 is 4.74 Å². The molecule has 0 amide bonds. The van der Waals surface area contributed by atoms with E-state index >= 15 is 0 Å². The van der Waals surface area contributed by atoms with Gasteiger partial charge in [0.25, 0.3) is 0 Å². The SMILES string of the molecule is CC(=O)Oc1ccc(N=[N+]=[N-])c2cccnc12. The topological polar surface area (TPSA) is 88.0 Å². The zero-order valence-corrected chi connectivity index (χ0v) is 8.99. The van der Waals surface area contributed by atoms with Crippen LogP contribution in [-0.4, -0.2) is 11.0 Å². The number of fused-ring (bicyclic) bond motifs is 1. The van der Waals surface area contributed by atoms with Crippen molar-refractivity contribution in [1.29, 1.82) is 0 Å². The molecule has 6 heteroatoms. The Morgan fingerprint density at radius 2 is 2.29 bits per heavy atom. The Labute approximate surface area is 96.5 Å². The normalized spacial score (nSPS) is 9.71. The smallest absolute Gasteiger partial charge is 0.308 e. The third-order valence-corrected chi connectivity index (χ3v) is 2.12. The highest BCUT2D eigenvalue weighted by Gasteiger charge is 2.08. The number of nitrogens with zero attached hydrogens (tertiary/aromatic N) is 4. The lowest BCUT2D eigenvalue weighted by molar-refractivity contribution is -0.131. The summed E-state index contributed by atoms with van der Waals surface area (Å²) in [5.74, 6) is -0.0709. The van der Waals surface area contributed by atoms with Crippen molar-refractivity contribution in [3.05, 3.63) is 40.9 Å². The number of carbonyl (C=O) groups excluding carboxylic acids is 1. The Kier molecular flexibility index (Phi) is 2.89. The minimum absolute atomic E-state index is 0.352. The largest absolute Gasteiger partial charge is 0.424 e. The van der Waals surface area contributed by atoms with Crippen LogP contribution in [0.15, 0.2) is 35.6 Å². The summed E-state index contributed by atoms with van der Waals surface area (Å²) in [6.45, 7) is 1.32. The van der Waals surface area contributed by atoms with E-state index in [9.17, 15) is 4.79 Å². The number of benzene rings is 1. The first-order valence-electron chi connectivity index (χ1n) is 4.83. The number of rotatable bonds is 2. The van der Waals surface area contributed by atoms with Crippen LogP contribution in [0.3, 0.4) is 0 Å². The van der Waals surface area contributed by atoms with Crippen molar-refractivity contribution in [2.24, 2.45) is 5.11 Å². The average molecular weight is 228 g/mol. The van der Waals surface area contributed by atoms with Gasteiger partial charge in [-0.05, 0) is 23.7 Å². The van der Waals surface area contributed by atoms with Crippen molar-refractivity contribution in [3.63, 3.8) is 0 Å². The fourth-order valence-corrected chi connectivity index (χ4v) is 1.50. The molecule has 2 aromatic rings. The van der Waals surface area contributed by atoms with Crippen LogP contribution in [0, 0.1) is 0 Å². The first-order valence-corrected chi connectivity index (χ1v) is 4.83. The maximum Gasteiger partial charge on any atom is 0.308 e. The molecule has 1 heterocycles. The molecule has 84 valence electrons. The van der Waals surface area contributed by atoms with Crippen molar-refractivity contribution >= 4 is 22.6 Å². The van der Waals surface area contributed by atoms with Gasteiger partial charge in [-0.2, -0.15) is 0 Å². The summed E-state index contributed by atoms with van der Waals surface area (Å²) in [6.07, 6.45) is 1.58. The molecule has 17 heavy (non-hydrogen) atoms. The van der Waals surface area contributed by atoms with Crippen LogP contribution in [0.1, 0.15) is 6.92 Å². The molecule has 0 bridgehead atoms. The maximum atomic E-state index is 10.9. The monoisotopic (exact) mass is 228 g/mol. The fourth-order valence-electron chi connectivity index (χ4n) is 1.50. The fraction of sp³-hybridized carbons (Fsp3) is 0.0909. The van der Waals surface area contributed by atoms with Gasteiger partial charge in [0.05, 0.1) is 0 Å². The lowest BCUT2D eigenvalue weighted by atomic mass is 10.1. The zero-order valence-electron chi connectivity index (χ0n) is 8.99. The first-order chi connectivity index (χ1) is 8.22. The predicted molar refractivity (Wildman–Crippen MR) is 61.9 cm³/mol. The molecule has 0 aliphatic carbocycles. The Balaban J connectivity index is 2.70. The minimum Gasteiger partial charge on any atom is -0.424 e. The second kappa shape index (κ2) is 4.51. The van der Waals surface area contributed by atoms with Crippen LogP contribution in [0.25, 0.3) is 21.3 Å². The molecule has 1 aromatic carbocycles. The zero-order chi connectivity index (χ0) is 12.3. The van der Waals surface area contributed by atoms with Crippen LogP contribution >= 0.6 is 0 Å². The molecular formula is C11H8N4O2. The molecule has 0 aliphatic heterocycles. The van der Waals surface area contributed by atoms with E-state index in [2.05, 4.69) is 15.0 Å². The van der Waals surface area contributed by atoms with Gasteiger partial charge in [0, 0.05) is 29.1 Å². The van der Waals surface area contributed by atoms with Gasteiger partial charge in [0.15, 0.2) is 5.75 Å². The van der Waals surface area contributed by atoms with E-state index in [1.165, 1.54) is 6.92 Å². The molecule has 0 fully saturated rings. The first kappa shape index (κ1) is 10.9. The third-order valence-electron chi connectivity index (χ3n) is 2.12. The number of azide groups is 1. The number of ether oxygens (including phenoxy) is 1. The Bertz CT molecular complexity index is 632. The molecule has 6 nitrogen and oxygen atoms in total. The summed E-state index contributed by atoms with van der Waals surface area (Å²) in [5.41, 5.74) is 9.39. The minimum atomic E-state index is -0.423. The second-order valence-corrected chi connectivity index (χ2v) is 3.27. The van der Waals surface area contributed by atoms with Crippen LogP contribution in [0.4, 0.5) is 5.69 Å². The lowest BCUT2D eigenvalue weighted by Crippen LogP contribution is -2.02. The van der Waals surface area contributed by atoms with E-state index in [-0.39, 0.29) is 0 Å². The van der Waals surface area contributed by atoms with Crippen LogP contribution in [-0.2, 0) is 4.79 Å². The van der Waals surface area contributed by atoms with E-state index in [0.29, 0.717) is 22.3 Å². The van der Waals surface area contributed by atoms with E-state index in [0.717, 1.165) is 0 Å². The van der Waals surface area contributed by atoms with Gasteiger partial charge in [0.2, 0.25) is 0 Å².